The lowest BCUT2D eigenvalue weighted by Crippen LogP contribution is -2.34. The van der Waals surface area contributed by atoms with E-state index in [0.717, 1.165) is 36.6 Å². The van der Waals surface area contributed by atoms with E-state index in [1.54, 1.807) is 0 Å². The van der Waals surface area contributed by atoms with Gasteiger partial charge in [-0.1, -0.05) is 17.7 Å². The second kappa shape index (κ2) is 7.84. The zero-order valence-corrected chi connectivity index (χ0v) is 13.7. The zero-order valence-electron chi connectivity index (χ0n) is 13.7. The number of hydrogen-bond donors (Lipinski definition) is 2. The first-order valence-electron chi connectivity index (χ1n) is 8.20. The van der Waals surface area contributed by atoms with Gasteiger partial charge in [0.1, 0.15) is 11.5 Å². The molecule has 24 heavy (non-hydrogen) atoms. The highest BCUT2D eigenvalue weighted by Gasteiger charge is 2.16. The average molecular weight is 326 g/mol. The largest absolute Gasteiger partial charge is 0.457 e. The van der Waals surface area contributed by atoms with Gasteiger partial charge < -0.3 is 20.1 Å². The third-order valence-corrected chi connectivity index (χ3v) is 3.88. The molecule has 1 saturated heterocycles. The van der Waals surface area contributed by atoms with Crippen LogP contribution in [0, 0.1) is 6.92 Å². The summed E-state index contributed by atoms with van der Waals surface area (Å²) in [6.45, 7) is 3.37. The monoisotopic (exact) mass is 326 g/mol. The van der Waals surface area contributed by atoms with Gasteiger partial charge >= 0.3 is 6.03 Å². The van der Waals surface area contributed by atoms with Gasteiger partial charge in [0.2, 0.25) is 0 Å². The molecule has 1 atom stereocenters. The van der Waals surface area contributed by atoms with Gasteiger partial charge in [0, 0.05) is 18.8 Å². The van der Waals surface area contributed by atoms with Crippen molar-refractivity contribution in [2.24, 2.45) is 0 Å². The summed E-state index contributed by atoms with van der Waals surface area (Å²) in [5, 5.41) is 5.63. The molecule has 2 aromatic rings. The molecule has 0 radical (unpaired) electrons. The van der Waals surface area contributed by atoms with Gasteiger partial charge in [0.05, 0.1) is 6.10 Å². The van der Waals surface area contributed by atoms with Crippen molar-refractivity contribution >= 4 is 11.7 Å². The van der Waals surface area contributed by atoms with Gasteiger partial charge in [-0.15, -0.1) is 0 Å². The summed E-state index contributed by atoms with van der Waals surface area (Å²) in [7, 11) is 0. The molecule has 1 unspecified atom stereocenters. The highest BCUT2D eigenvalue weighted by molar-refractivity contribution is 5.89. The predicted octanol–water partition coefficient (Wildman–Crippen LogP) is 4.09. The summed E-state index contributed by atoms with van der Waals surface area (Å²) in [5.74, 6) is 1.51. The normalized spacial score (nSPS) is 16.6. The first-order valence-corrected chi connectivity index (χ1v) is 8.20. The average Bonchev–Trinajstić information content (AvgIpc) is 3.10. The maximum atomic E-state index is 11.9. The minimum Gasteiger partial charge on any atom is -0.457 e. The zero-order chi connectivity index (χ0) is 16.8. The molecule has 5 nitrogen and oxygen atoms in total. The predicted molar refractivity (Wildman–Crippen MR) is 93.7 cm³/mol. The Morgan fingerprint density at radius 2 is 1.79 bits per heavy atom. The van der Waals surface area contributed by atoms with Crippen molar-refractivity contribution in [3.63, 3.8) is 0 Å². The summed E-state index contributed by atoms with van der Waals surface area (Å²) in [4.78, 5) is 11.9. The van der Waals surface area contributed by atoms with Crippen LogP contribution in [0.3, 0.4) is 0 Å². The van der Waals surface area contributed by atoms with Crippen molar-refractivity contribution in [3.05, 3.63) is 54.1 Å². The minimum atomic E-state index is -0.224. The molecule has 0 spiro atoms. The number of benzene rings is 2. The van der Waals surface area contributed by atoms with E-state index in [1.165, 1.54) is 5.56 Å². The van der Waals surface area contributed by atoms with Gasteiger partial charge in [-0.25, -0.2) is 4.79 Å². The topological polar surface area (TPSA) is 59.6 Å². The van der Waals surface area contributed by atoms with Crippen LogP contribution in [0.2, 0.25) is 0 Å². The lowest BCUT2D eigenvalue weighted by atomic mass is 10.2. The Balaban J connectivity index is 1.48. The molecule has 0 bridgehead atoms. The molecule has 1 aliphatic heterocycles. The Hall–Kier alpha value is -2.53. The van der Waals surface area contributed by atoms with Crippen LogP contribution in [-0.4, -0.2) is 25.3 Å². The number of hydrogen-bond acceptors (Lipinski definition) is 3. The van der Waals surface area contributed by atoms with Gasteiger partial charge in [0.25, 0.3) is 0 Å². The van der Waals surface area contributed by atoms with Crippen LogP contribution in [0.5, 0.6) is 11.5 Å². The maximum Gasteiger partial charge on any atom is 0.319 e. The summed E-state index contributed by atoms with van der Waals surface area (Å²) < 4.78 is 11.2. The maximum absolute atomic E-state index is 11.9. The Morgan fingerprint density at radius 1 is 1.12 bits per heavy atom. The van der Waals surface area contributed by atoms with Crippen LogP contribution in [0.15, 0.2) is 48.5 Å². The van der Waals surface area contributed by atoms with Crippen LogP contribution in [-0.2, 0) is 4.74 Å². The fourth-order valence-corrected chi connectivity index (χ4v) is 2.54. The van der Waals surface area contributed by atoms with E-state index in [4.69, 9.17) is 9.47 Å². The van der Waals surface area contributed by atoms with E-state index in [9.17, 15) is 4.79 Å². The number of rotatable bonds is 5. The number of amides is 2. The van der Waals surface area contributed by atoms with E-state index in [2.05, 4.69) is 10.6 Å². The Morgan fingerprint density at radius 3 is 2.42 bits per heavy atom. The van der Waals surface area contributed by atoms with E-state index >= 15 is 0 Å². The molecule has 5 heteroatoms. The van der Waals surface area contributed by atoms with Crippen molar-refractivity contribution in [2.45, 2.75) is 25.9 Å². The van der Waals surface area contributed by atoms with Crippen molar-refractivity contribution in [1.29, 1.82) is 0 Å². The lowest BCUT2D eigenvalue weighted by Gasteiger charge is -2.12. The summed E-state index contributed by atoms with van der Waals surface area (Å²) in [6, 6.07) is 14.9. The van der Waals surface area contributed by atoms with Gasteiger partial charge in [-0.05, 0) is 56.2 Å². The van der Waals surface area contributed by atoms with Gasteiger partial charge in [-0.3, -0.25) is 0 Å². The standard InChI is InChI=1S/C19H22N2O3/c1-14-4-8-16(9-5-14)24-17-10-6-15(7-11-17)21-19(22)20-13-18-3-2-12-23-18/h4-11,18H,2-3,12-13H2,1H3,(H2,20,21,22). The number of carbonyl (C=O) groups excluding carboxylic acids is 1. The summed E-state index contributed by atoms with van der Waals surface area (Å²) >= 11 is 0. The van der Waals surface area contributed by atoms with Crippen LogP contribution in [0.1, 0.15) is 18.4 Å². The molecule has 2 amide bonds. The van der Waals surface area contributed by atoms with Crippen molar-refractivity contribution in [2.75, 3.05) is 18.5 Å². The fraction of sp³-hybridized carbons (Fsp3) is 0.316. The number of nitrogens with one attached hydrogen (secondary N) is 2. The number of urea groups is 1. The van der Waals surface area contributed by atoms with Crippen molar-refractivity contribution in [3.8, 4) is 11.5 Å². The molecular formula is C19H22N2O3. The van der Waals surface area contributed by atoms with Crippen LogP contribution in [0.4, 0.5) is 10.5 Å². The Labute approximate surface area is 142 Å². The molecule has 3 rings (SSSR count). The number of carbonyl (C=O) groups is 1. The number of aryl methyl sites for hydroxylation is 1. The highest BCUT2D eigenvalue weighted by Crippen LogP contribution is 2.23. The SMILES string of the molecule is Cc1ccc(Oc2ccc(NC(=O)NCC3CCCO3)cc2)cc1. The van der Waals surface area contributed by atoms with Crippen LogP contribution in [0.25, 0.3) is 0 Å². The second-order valence-electron chi connectivity index (χ2n) is 5.91. The van der Waals surface area contributed by atoms with Crippen molar-refractivity contribution in [1.82, 2.24) is 5.32 Å². The summed E-state index contributed by atoms with van der Waals surface area (Å²) in [6.07, 6.45) is 2.21. The number of anilines is 1. The van der Waals surface area contributed by atoms with Gasteiger partial charge in [-0.2, -0.15) is 0 Å². The first kappa shape index (κ1) is 16.3. The third kappa shape index (κ3) is 4.73. The highest BCUT2D eigenvalue weighted by atomic mass is 16.5. The van der Waals surface area contributed by atoms with Gasteiger partial charge in [0.15, 0.2) is 0 Å². The molecule has 0 aromatic heterocycles. The molecule has 126 valence electrons. The first-order chi connectivity index (χ1) is 11.7. The second-order valence-corrected chi connectivity index (χ2v) is 5.91. The van der Waals surface area contributed by atoms with E-state index in [1.807, 2.05) is 55.5 Å². The molecule has 0 saturated carbocycles. The van der Waals surface area contributed by atoms with Crippen LogP contribution < -0.4 is 15.4 Å². The molecule has 1 aliphatic rings. The minimum absolute atomic E-state index is 0.140. The van der Waals surface area contributed by atoms with E-state index in [0.29, 0.717) is 6.54 Å². The molecule has 0 aliphatic carbocycles. The summed E-state index contributed by atoms with van der Waals surface area (Å²) in [5.41, 5.74) is 1.91. The Kier molecular flexibility index (Phi) is 5.33. The third-order valence-electron chi connectivity index (χ3n) is 3.88. The molecule has 1 heterocycles. The van der Waals surface area contributed by atoms with E-state index < -0.39 is 0 Å². The molecule has 1 fully saturated rings. The Bertz CT molecular complexity index is 662. The van der Waals surface area contributed by atoms with Crippen LogP contribution >= 0.6 is 0 Å². The number of ether oxygens (including phenoxy) is 2. The fourth-order valence-electron chi connectivity index (χ4n) is 2.54. The molecular weight excluding hydrogens is 304 g/mol. The molecule has 2 aromatic carbocycles. The molecule has 2 N–H and O–H groups in total. The smallest absolute Gasteiger partial charge is 0.319 e. The van der Waals surface area contributed by atoms with Crippen molar-refractivity contribution < 1.29 is 14.3 Å². The quantitative estimate of drug-likeness (QED) is 0.870. The van der Waals surface area contributed by atoms with E-state index in [-0.39, 0.29) is 12.1 Å². The lowest BCUT2D eigenvalue weighted by molar-refractivity contribution is 0.112.